The van der Waals surface area contributed by atoms with Gasteiger partial charge in [0.25, 0.3) is 11.7 Å². The number of rotatable bonds is 3. The maximum Gasteiger partial charge on any atom is 0.312 e. The first kappa shape index (κ1) is 42.5. The molecule has 0 spiro atoms. The molecule has 4 heterocycles. The number of aliphatic hydroxyl groups is 3. The van der Waals surface area contributed by atoms with Gasteiger partial charge in [-0.05, 0) is 27.0 Å². The van der Waals surface area contributed by atoms with E-state index in [1.807, 2.05) is 7.05 Å². The molecule has 6 rings (SSSR count). The van der Waals surface area contributed by atoms with Gasteiger partial charge >= 0.3 is 5.79 Å². The van der Waals surface area contributed by atoms with Crippen molar-refractivity contribution >= 4 is 34.4 Å². The quantitative estimate of drug-likeness (QED) is 0.134. The number of hydrogen-bond acceptors (Lipinski definition) is 14. The number of phenols is 3. The van der Waals surface area contributed by atoms with Crippen LogP contribution < -0.4 is 10.1 Å². The maximum atomic E-state index is 14.3. The molecule has 2 aromatic carbocycles. The number of ketones is 1. The van der Waals surface area contributed by atoms with Crippen molar-refractivity contribution in [1.82, 2.24) is 9.91 Å². The highest BCUT2D eigenvalue weighted by molar-refractivity contribution is 6.23. The number of likely N-dealkylation sites (N-methyl/N-ethyl adjacent to an activating group) is 1. The Bertz CT molecular complexity index is 1950. The third-order valence-corrected chi connectivity index (χ3v) is 11.6. The summed E-state index contributed by atoms with van der Waals surface area (Å²) in [6.07, 6.45) is 4.79. The maximum absolute atomic E-state index is 14.3. The second-order valence-corrected chi connectivity index (χ2v) is 15.5. The van der Waals surface area contributed by atoms with E-state index in [9.17, 15) is 40.2 Å². The minimum Gasteiger partial charge on any atom is -0.507 e. The van der Waals surface area contributed by atoms with E-state index >= 15 is 0 Å². The first-order valence-electron chi connectivity index (χ1n) is 18.9. The van der Waals surface area contributed by atoms with Crippen LogP contribution in [-0.4, -0.2) is 129 Å². The van der Waals surface area contributed by atoms with Gasteiger partial charge in [0.05, 0.1) is 59.1 Å². The first-order valence-corrected chi connectivity index (χ1v) is 18.9. The van der Waals surface area contributed by atoms with Gasteiger partial charge in [-0.1, -0.05) is 45.9 Å². The van der Waals surface area contributed by atoms with E-state index in [0.717, 1.165) is 13.1 Å². The number of allylic oxidation sites excluding steroid dienone is 2. The van der Waals surface area contributed by atoms with Crippen molar-refractivity contribution in [3.63, 3.8) is 0 Å². The van der Waals surface area contributed by atoms with Crippen molar-refractivity contribution in [3.8, 4) is 23.0 Å². The smallest absolute Gasteiger partial charge is 0.312 e. The average molecular weight is 781 g/mol. The summed E-state index contributed by atoms with van der Waals surface area (Å²) in [5.74, 6) is -7.59. The third kappa shape index (κ3) is 7.96. The van der Waals surface area contributed by atoms with Gasteiger partial charge in [-0.25, -0.2) is 0 Å². The van der Waals surface area contributed by atoms with Crippen LogP contribution in [0.3, 0.4) is 0 Å². The number of anilines is 1. The SMILES string of the molecule is CO[C@H]1C=CO[C@@]2(C)Oc3c(C)c(O)c4c(O)c(c(/C=N/N5CCN(C)CC5)c(O)c4c3C2=O)NC(=O)/C(C)=C\C=C[C@H](C)[C@H](O)[C@@H](C)[C@@H](O)[C@@H](C)[C@H](O)[C@@H]1C. The van der Waals surface area contributed by atoms with Crippen LogP contribution in [0, 0.1) is 30.6 Å². The zero-order valence-electron chi connectivity index (χ0n) is 33.5. The predicted molar refractivity (Wildman–Crippen MR) is 211 cm³/mol. The van der Waals surface area contributed by atoms with Gasteiger partial charge < -0.3 is 55.1 Å². The molecule has 0 unspecified atom stereocenters. The normalized spacial score (nSPS) is 32.1. The molecular weight excluding hydrogens is 724 g/mol. The lowest BCUT2D eigenvalue weighted by Gasteiger charge is -2.36. The molecule has 5 bridgehead atoms. The van der Waals surface area contributed by atoms with E-state index in [4.69, 9.17) is 14.2 Å². The van der Waals surface area contributed by atoms with Crippen LogP contribution in [0.5, 0.6) is 23.0 Å². The molecule has 9 atom stereocenters. The monoisotopic (exact) mass is 780 g/mol. The molecule has 4 aliphatic rings. The Labute approximate surface area is 327 Å². The number of aromatic hydroxyl groups is 3. The Hall–Kier alpha value is -4.67. The first-order chi connectivity index (χ1) is 26.3. The molecule has 56 heavy (non-hydrogen) atoms. The largest absolute Gasteiger partial charge is 0.507 e. The number of hydrogen-bond donors (Lipinski definition) is 7. The zero-order valence-corrected chi connectivity index (χ0v) is 33.5. The standard InChI is InChI=1S/C41H56N4O11/c1-20-11-10-12-21(2)40(53)43-31-26(19-42-45-16-14-44(8)15-17-45)36(50)28-29(37(31)51)35(49)25(6)38-30(28)39(52)41(7,56-38)55-18-13-27(54-9)22(3)33(47)24(5)34(48)23(4)32(20)46/h10-13,18-20,22-24,27,32-34,46-51H,14-17H2,1-9H3,(H,43,53)/b11-10?,18-13?,21-12-,42-19+/t20-,22+,23+,24-,27-,32-,33+,34+,41-/m0/s1. The lowest BCUT2D eigenvalue weighted by Crippen LogP contribution is -2.44. The summed E-state index contributed by atoms with van der Waals surface area (Å²) in [5, 5.41) is 77.6. The van der Waals surface area contributed by atoms with Gasteiger partial charge in [-0.15, -0.1) is 0 Å². The number of nitrogens with zero attached hydrogens (tertiary/aromatic N) is 3. The number of Topliss-reactive ketones (excluding diaryl/α,β-unsaturated/α-hetero) is 1. The van der Waals surface area contributed by atoms with Gasteiger partial charge in [-0.3, -0.25) is 14.6 Å². The second-order valence-electron chi connectivity index (χ2n) is 15.5. The molecular formula is C41H56N4O11. The zero-order chi connectivity index (χ0) is 41.4. The van der Waals surface area contributed by atoms with Crippen molar-refractivity contribution in [2.75, 3.05) is 45.7 Å². The minimum atomic E-state index is -2.01. The van der Waals surface area contributed by atoms with E-state index in [2.05, 4.69) is 15.3 Å². The number of carbonyl (C=O) groups is 2. The Kier molecular flexibility index (Phi) is 12.8. The summed E-state index contributed by atoms with van der Waals surface area (Å²) in [5.41, 5.74) is -0.290. The van der Waals surface area contributed by atoms with E-state index in [-0.39, 0.29) is 44.5 Å². The van der Waals surface area contributed by atoms with Crippen LogP contribution in [0.15, 0.2) is 41.2 Å². The van der Waals surface area contributed by atoms with Crippen LogP contribution in [0.1, 0.15) is 63.0 Å². The third-order valence-electron chi connectivity index (χ3n) is 11.6. The molecule has 15 nitrogen and oxygen atoms in total. The van der Waals surface area contributed by atoms with Gasteiger partial charge in [0.15, 0.2) is 5.75 Å². The van der Waals surface area contributed by atoms with E-state index in [1.54, 1.807) is 44.9 Å². The summed E-state index contributed by atoms with van der Waals surface area (Å²) < 4.78 is 17.7. The van der Waals surface area contributed by atoms with E-state index in [1.165, 1.54) is 52.5 Å². The van der Waals surface area contributed by atoms with Crippen molar-refractivity contribution in [2.24, 2.45) is 28.8 Å². The molecule has 0 aliphatic carbocycles. The van der Waals surface area contributed by atoms with Crippen LogP contribution in [0.4, 0.5) is 5.69 Å². The van der Waals surface area contributed by atoms with Crippen molar-refractivity contribution < 1.29 is 54.4 Å². The topological polar surface area (TPSA) is 214 Å². The fraction of sp³-hybridized carbons (Fsp3) is 0.537. The minimum absolute atomic E-state index is 0.0688. The molecule has 0 saturated carbocycles. The molecule has 1 saturated heterocycles. The Morgan fingerprint density at radius 1 is 0.893 bits per heavy atom. The number of hydrazone groups is 1. The molecule has 306 valence electrons. The van der Waals surface area contributed by atoms with Crippen LogP contribution >= 0.6 is 0 Å². The number of carbonyl (C=O) groups excluding carboxylic acids is 2. The highest BCUT2D eigenvalue weighted by Crippen LogP contribution is 2.55. The highest BCUT2D eigenvalue weighted by atomic mass is 16.7. The number of amides is 1. The molecule has 0 aromatic heterocycles. The second kappa shape index (κ2) is 16.8. The van der Waals surface area contributed by atoms with Crippen molar-refractivity contribution in [2.45, 2.75) is 78.7 Å². The van der Waals surface area contributed by atoms with Gasteiger partial charge in [-0.2, -0.15) is 5.10 Å². The number of piperazine rings is 1. The summed E-state index contributed by atoms with van der Waals surface area (Å²) in [4.78, 5) is 30.1. The fourth-order valence-electron chi connectivity index (χ4n) is 7.53. The van der Waals surface area contributed by atoms with Crippen LogP contribution in [0.25, 0.3) is 10.8 Å². The summed E-state index contributed by atoms with van der Waals surface area (Å²) >= 11 is 0. The molecule has 1 fully saturated rings. The summed E-state index contributed by atoms with van der Waals surface area (Å²) in [6, 6.07) is 0. The lowest BCUT2D eigenvalue weighted by molar-refractivity contribution is -0.112. The average Bonchev–Trinajstić information content (AvgIpc) is 3.44. The molecule has 2 aromatic rings. The number of phenolic OH excluding ortho intramolecular Hbond substituents is 3. The molecule has 0 radical (unpaired) electrons. The Morgan fingerprint density at radius 3 is 2.16 bits per heavy atom. The fourth-order valence-corrected chi connectivity index (χ4v) is 7.53. The van der Waals surface area contributed by atoms with Gasteiger partial charge in [0, 0.05) is 80.4 Å². The lowest BCUT2D eigenvalue weighted by atomic mass is 9.78. The number of methoxy groups -OCH3 is 1. The van der Waals surface area contributed by atoms with Crippen molar-refractivity contribution in [1.29, 1.82) is 0 Å². The van der Waals surface area contributed by atoms with Crippen LogP contribution in [-0.2, 0) is 14.3 Å². The van der Waals surface area contributed by atoms with E-state index < -0.39 is 82.8 Å². The predicted octanol–water partition coefficient (Wildman–Crippen LogP) is 3.76. The number of ether oxygens (including phenoxy) is 3. The van der Waals surface area contributed by atoms with Crippen molar-refractivity contribution in [3.05, 3.63) is 52.8 Å². The molecule has 15 heteroatoms. The summed E-state index contributed by atoms with van der Waals surface area (Å²) in [6.45, 7) is 13.8. The number of fused-ring (bicyclic) bond motifs is 14. The molecule has 1 amide bonds. The van der Waals surface area contributed by atoms with Crippen LogP contribution in [0.2, 0.25) is 0 Å². The summed E-state index contributed by atoms with van der Waals surface area (Å²) in [7, 11) is 3.43. The Balaban J connectivity index is 1.70. The Morgan fingerprint density at radius 2 is 1.52 bits per heavy atom. The number of aliphatic hydroxyl groups excluding tert-OH is 3. The molecule has 7 N–H and O–H groups in total. The number of benzene rings is 2. The number of nitrogens with one attached hydrogen (secondary N) is 1. The highest BCUT2D eigenvalue weighted by Gasteiger charge is 2.50. The van der Waals surface area contributed by atoms with Gasteiger partial charge in [0.1, 0.15) is 17.2 Å². The van der Waals surface area contributed by atoms with Gasteiger partial charge in [0.2, 0.25) is 0 Å². The van der Waals surface area contributed by atoms with E-state index in [0.29, 0.717) is 13.1 Å². The molecule has 4 aliphatic heterocycles.